The van der Waals surface area contributed by atoms with Gasteiger partial charge in [0.05, 0.1) is 6.61 Å². The van der Waals surface area contributed by atoms with Gasteiger partial charge in [-0.1, -0.05) is 98.8 Å². The maximum absolute atomic E-state index is 5.65. The highest BCUT2D eigenvalue weighted by Gasteiger charge is 2.21. The summed E-state index contributed by atoms with van der Waals surface area (Å²) in [6, 6.07) is 27.1. The first-order chi connectivity index (χ1) is 16.8. The molecule has 3 aromatic carbocycles. The predicted molar refractivity (Wildman–Crippen MR) is 146 cm³/mol. The zero-order valence-corrected chi connectivity index (χ0v) is 21.0. The summed E-state index contributed by atoms with van der Waals surface area (Å²) in [5.74, 6) is 1.63. The van der Waals surface area contributed by atoms with Crippen molar-refractivity contribution in [2.45, 2.75) is 71.3 Å². The van der Waals surface area contributed by atoms with Crippen molar-refractivity contribution in [3.63, 3.8) is 0 Å². The number of hydrogen-bond acceptors (Lipinski definition) is 1. The third-order valence-corrected chi connectivity index (χ3v) is 7.22. The molecule has 0 bridgehead atoms. The second-order valence-electron chi connectivity index (χ2n) is 9.78. The predicted octanol–water partition coefficient (Wildman–Crippen LogP) is 9.58. The normalized spacial score (nSPS) is 18.4. The van der Waals surface area contributed by atoms with Gasteiger partial charge in [-0.2, -0.15) is 0 Å². The van der Waals surface area contributed by atoms with Crippen LogP contribution >= 0.6 is 0 Å². The van der Waals surface area contributed by atoms with Crippen LogP contribution in [0.4, 0.5) is 0 Å². The fourth-order valence-corrected chi connectivity index (χ4v) is 5.12. The highest BCUT2D eigenvalue weighted by Crippen LogP contribution is 2.38. The van der Waals surface area contributed by atoms with Crippen molar-refractivity contribution in [3.8, 4) is 22.3 Å². The van der Waals surface area contributed by atoms with Crippen molar-refractivity contribution in [2.24, 2.45) is 5.92 Å². The summed E-state index contributed by atoms with van der Waals surface area (Å²) in [5, 5.41) is 0. The molecular weight excluding hydrogens is 412 g/mol. The van der Waals surface area contributed by atoms with Crippen molar-refractivity contribution < 1.29 is 4.74 Å². The maximum atomic E-state index is 5.65. The Labute approximate surface area is 206 Å². The van der Waals surface area contributed by atoms with Crippen LogP contribution in [0.2, 0.25) is 0 Å². The van der Waals surface area contributed by atoms with Gasteiger partial charge >= 0.3 is 0 Å². The Morgan fingerprint density at radius 1 is 0.676 bits per heavy atom. The lowest BCUT2D eigenvalue weighted by molar-refractivity contribution is 0.121. The van der Waals surface area contributed by atoms with Crippen LogP contribution in [-0.2, 0) is 11.3 Å². The Bertz CT molecular complexity index is 1000. The number of hydrogen-bond donors (Lipinski definition) is 0. The van der Waals surface area contributed by atoms with Gasteiger partial charge in [0.15, 0.2) is 0 Å². The van der Waals surface area contributed by atoms with Gasteiger partial charge in [0.1, 0.15) is 0 Å². The van der Waals surface area contributed by atoms with E-state index in [9.17, 15) is 0 Å². The van der Waals surface area contributed by atoms with Crippen LogP contribution in [0.25, 0.3) is 22.3 Å². The first-order valence-electron chi connectivity index (χ1n) is 13.3. The summed E-state index contributed by atoms with van der Waals surface area (Å²) < 4.78 is 5.65. The molecule has 1 saturated carbocycles. The minimum absolute atomic E-state index is 0.695. The molecule has 34 heavy (non-hydrogen) atoms. The molecule has 1 heteroatoms. The molecule has 1 nitrogen and oxygen atoms in total. The number of benzene rings is 3. The van der Waals surface area contributed by atoms with Crippen LogP contribution in [0.15, 0.2) is 84.9 Å². The minimum atomic E-state index is 0.695. The molecule has 178 valence electrons. The number of ether oxygens (including phenoxy) is 1. The molecule has 0 N–H and O–H groups in total. The molecule has 0 heterocycles. The maximum Gasteiger partial charge on any atom is 0.0716 e. The van der Waals surface area contributed by atoms with Crippen molar-refractivity contribution in [1.29, 1.82) is 0 Å². The molecule has 0 aromatic heterocycles. The molecule has 0 spiro atoms. The van der Waals surface area contributed by atoms with Crippen LogP contribution in [-0.4, -0.2) is 6.61 Å². The summed E-state index contributed by atoms with van der Waals surface area (Å²) in [5.41, 5.74) is 7.85. The fourth-order valence-electron chi connectivity index (χ4n) is 5.12. The lowest BCUT2D eigenvalue weighted by atomic mass is 9.77. The summed E-state index contributed by atoms with van der Waals surface area (Å²) in [7, 11) is 0. The van der Waals surface area contributed by atoms with Crippen molar-refractivity contribution in [1.82, 2.24) is 0 Å². The van der Waals surface area contributed by atoms with E-state index < -0.39 is 0 Å². The van der Waals surface area contributed by atoms with Gasteiger partial charge in [-0.15, -0.1) is 0 Å². The van der Waals surface area contributed by atoms with Gasteiger partial charge < -0.3 is 4.74 Å². The van der Waals surface area contributed by atoms with Gasteiger partial charge in [-0.05, 0) is 90.2 Å². The van der Waals surface area contributed by atoms with Gasteiger partial charge in [0.2, 0.25) is 0 Å². The SMILES string of the molecule is CC/C=C/C[C@H]1CC[C@H](c2ccc(-c3ccc(-c4ccc(COCCC)cc4)cc3)cc2)CC1. The molecule has 3 aromatic rings. The first kappa shape index (κ1) is 24.5. The molecule has 0 unspecified atom stereocenters. The topological polar surface area (TPSA) is 9.23 Å². The van der Waals surface area contributed by atoms with Crippen LogP contribution in [0.3, 0.4) is 0 Å². The molecule has 0 radical (unpaired) electrons. The van der Waals surface area contributed by atoms with E-state index in [1.54, 1.807) is 0 Å². The van der Waals surface area contributed by atoms with Gasteiger partial charge in [0.25, 0.3) is 0 Å². The Kier molecular flexibility index (Phi) is 9.16. The summed E-state index contributed by atoms with van der Waals surface area (Å²) >= 11 is 0. The molecule has 4 rings (SSSR count). The molecule has 0 atom stereocenters. The van der Waals surface area contributed by atoms with E-state index in [0.717, 1.165) is 31.3 Å². The molecule has 0 aliphatic heterocycles. The van der Waals surface area contributed by atoms with E-state index in [-0.39, 0.29) is 0 Å². The first-order valence-corrected chi connectivity index (χ1v) is 13.3. The quantitative estimate of drug-likeness (QED) is 0.220. The second-order valence-corrected chi connectivity index (χ2v) is 9.78. The van der Waals surface area contributed by atoms with E-state index in [2.05, 4.69) is 98.8 Å². The average molecular weight is 453 g/mol. The van der Waals surface area contributed by atoms with E-state index in [0.29, 0.717) is 6.61 Å². The van der Waals surface area contributed by atoms with Crippen molar-refractivity contribution in [2.75, 3.05) is 6.61 Å². The van der Waals surface area contributed by atoms with Crippen LogP contribution in [0, 0.1) is 5.92 Å². The summed E-state index contributed by atoms with van der Waals surface area (Å²) in [4.78, 5) is 0. The summed E-state index contributed by atoms with van der Waals surface area (Å²) in [6.45, 7) is 5.87. The lowest BCUT2D eigenvalue weighted by Gasteiger charge is -2.28. The van der Waals surface area contributed by atoms with Crippen LogP contribution < -0.4 is 0 Å². The minimum Gasteiger partial charge on any atom is -0.377 e. The van der Waals surface area contributed by atoms with Crippen LogP contribution in [0.1, 0.15) is 75.8 Å². The molecular formula is C33H40O. The zero-order chi connectivity index (χ0) is 23.6. The molecule has 1 aliphatic carbocycles. The van der Waals surface area contributed by atoms with E-state index >= 15 is 0 Å². The van der Waals surface area contributed by atoms with E-state index in [1.165, 1.54) is 65.5 Å². The van der Waals surface area contributed by atoms with Gasteiger partial charge in [-0.3, -0.25) is 0 Å². The highest BCUT2D eigenvalue weighted by molar-refractivity contribution is 5.70. The molecule has 1 fully saturated rings. The molecule has 0 saturated heterocycles. The van der Waals surface area contributed by atoms with E-state index in [1.807, 2.05) is 0 Å². The summed E-state index contributed by atoms with van der Waals surface area (Å²) in [6.07, 6.45) is 13.6. The van der Waals surface area contributed by atoms with Crippen molar-refractivity contribution in [3.05, 3.63) is 96.1 Å². The van der Waals surface area contributed by atoms with Gasteiger partial charge in [0, 0.05) is 6.61 Å². The Balaban J connectivity index is 1.33. The highest BCUT2D eigenvalue weighted by atomic mass is 16.5. The zero-order valence-electron chi connectivity index (χ0n) is 21.0. The standard InChI is InChI=1S/C33H40O/c1-3-5-6-7-26-8-12-28(13-9-26)30-16-20-32(21-17-30)33-22-18-31(19-23-33)29-14-10-27(11-15-29)25-34-24-4-2/h5-6,10-11,14-23,26,28H,3-4,7-9,12-13,24-25H2,1-2H3/b6-5+/t26-,28-. The Morgan fingerprint density at radius 2 is 1.21 bits per heavy atom. The third-order valence-electron chi connectivity index (χ3n) is 7.22. The number of rotatable bonds is 10. The molecule has 1 aliphatic rings. The average Bonchev–Trinajstić information content (AvgIpc) is 2.90. The van der Waals surface area contributed by atoms with Gasteiger partial charge in [-0.25, -0.2) is 0 Å². The molecule has 0 amide bonds. The Morgan fingerprint density at radius 3 is 1.74 bits per heavy atom. The fraction of sp³-hybridized carbons (Fsp3) is 0.394. The monoisotopic (exact) mass is 452 g/mol. The Hall–Kier alpha value is -2.64. The van der Waals surface area contributed by atoms with Crippen LogP contribution in [0.5, 0.6) is 0 Å². The lowest BCUT2D eigenvalue weighted by Crippen LogP contribution is -2.12. The third kappa shape index (κ3) is 6.70. The second kappa shape index (κ2) is 12.7. The van der Waals surface area contributed by atoms with E-state index in [4.69, 9.17) is 4.74 Å². The smallest absolute Gasteiger partial charge is 0.0716 e. The number of allylic oxidation sites excluding steroid dienone is 2. The largest absolute Gasteiger partial charge is 0.377 e. The van der Waals surface area contributed by atoms with Crippen molar-refractivity contribution >= 4 is 0 Å².